The number of nitrogens with zero attached hydrogens (tertiary/aromatic N) is 2. The highest BCUT2D eigenvalue weighted by Crippen LogP contribution is 2.24. The van der Waals surface area contributed by atoms with E-state index in [2.05, 4.69) is 21.3 Å². The Morgan fingerprint density at radius 3 is 2.33 bits per heavy atom. The van der Waals surface area contributed by atoms with E-state index >= 15 is 0 Å². The van der Waals surface area contributed by atoms with Crippen molar-refractivity contribution in [3.05, 3.63) is 35.4 Å². The molecule has 0 spiro atoms. The number of benzene rings is 1. The Morgan fingerprint density at radius 2 is 1.83 bits per heavy atom. The van der Waals surface area contributed by atoms with Crippen LogP contribution in [-0.4, -0.2) is 72.6 Å². The van der Waals surface area contributed by atoms with Crippen LogP contribution in [0.25, 0.3) is 0 Å². The van der Waals surface area contributed by atoms with Crippen molar-refractivity contribution in [2.24, 2.45) is 0 Å². The van der Waals surface area contributed by atoms with E-state index in [-0.39, 0.29) is 6.42 Å². The van der Waals surface area contributed by atoms with Gasteiger partial charge in [-0.15, -0.1) is 6.42 Å². The lowest BCUT2D eigenvalue weighted by Gasteiger charge is -2.33. The van der Waals surface area contributed by atoms with Gasteiger partial charge in [0.25, 0.3) is 0 Å². The van der Waals surface area contributed by atoms with Gasteiger partial charge in [0.05, 0.1) is 13.2 Å². The lowest BCUT2D eigenvalue weighted by atomic mass is 10.0. The van der Waals surface area contributed by atoms with Crippen molar-refractivity contribution in [1.29, 1.82) is 5.26 Å². The first-order valence-electron chi connectivity index (χ1n) is 11.0. The van der Waals surface area contributed by atoms with Crippen molar-refractivity contribution >= 4 is 35.6 Å². The summed E-state index contributed by atoms with van der Waals surface area (Å²) in [6, 6.07) is 5.86. The van der Waals surface area contributed by atoms with Gasteiger partial charge in [-0.05, 0) is 56.9 Å². The number of terminal acetylenes is 1. The van der Waals surface area contributed by atoms with Crippen molar-refractivity contribution in [1.82, 2.24) is 15.5 Å². The van der Waals surface area contributed by atoms with Gasteiger partial charge >= 0.3 is 12.1 Å². The number of rotatable bonds is 11. The molecule has 0 aliphatic rings. The molecule has 0 saturated heterocycles. The van der Waals surface area contributed by atoms with Gasteiger partial charge in [-0.2, -0.15) is 17.0 Å². The minimum absolute atomic E-state index is 0.230. The number of nitrogens with one attached hydrogen (secondary N) is 2. The molecule has 0 bridgehead atoms. The van der Waals surface area contributed by atoms with Gasteiger partial charge in [0.2, 0.25) is 11.8 Å². The summed E-state index contributed by atoms with van der Waals surface area (Å²) in [4.78, 5) is 52.0. The molecule has 0 fully saturated rings. The second-order valence-electron chi connectivity index (χ2n) is 8.57. The molecule has 2 unspecified atom stereocenters. The lowest BCUT2D eigenvalue weighted by molar-refractivity contribution is -0.144. The third-order valence-electron chi connectivity index (χ3n) is 4.71. The maximum atomic E-state index is 13.7. The molecule has 0 heterocycles. The van der Waals surface area contributed by atoms with Crippen LogP contribution in [-0.2, 0) is 23.9 Å². The SMILES string of the molecule is C#Cc1ccc(C(C(=O)NCC(=O)OC)N(CC#N)C(=O)C(CCSC)NC(=O)OC(C)(C)C)cc1. The van der Waals surface area contributed by atoms with Gasteiger partial charge in [-0.25, -0.2) is 4.79 Å². The molecule has 3 amide bonds. The van der Waals surface area contributed by atoms with Crippen molar-refractivity contribution in [2.75, 3.05) is 32.2 Å². The number of carbonyl (C=O) groups excluding carboxylic acids is 4. The molecule has 1 aromatic rings. The number of hydrogen-bond donors (Lipinski definition) is 2. The Bertz CT molecular complexity index is 1010. The average molecular weight is 517 g/mol. The first-order chi connectivity index (χ1) is 17.0. The van der Waals surface area contributed by atoms with Crippen molar-refractivity contribution in [3.63, 3.8) is 0 Å². The summed E-state index contributed by atoms with van der Waals surface area (Å²) in [5, 5.41) is 14.5. The van der Waals surface area contributed by atoms with Gasteiger partial charge in [-0.1, -0.05) is 18.1 Å². The Kier molecular flexibility index (Phi) is 12.3. The highest BCUT2D eigenvalue weighted by atomic mass is 32.2. The zero-order valence-corrected chi connectivity index (χ0v) is 21.9. The molecule has 0 aliphatic carbocycles. The van der Waals surface area contributed by atoms with Crippen LogP contribution in [0.5, 0.6) is 0 Å². The average Bonchev–Trinajstić information content (AvgIpc) is 2.83. The highest BCUT2D eigenvalue weighted by Gasteiger charge is 2.36. The fourth-order valence-corrected chi connectivity index (χ4v) is 3.55. The third kappa shape index (κ3) is 9.88. The van der Waals surface area contributed by atoms with Crippen LogP contribution in [0.1, 0.15) is 44.4 Å². The maximum absolute atomic E-state index is 13.7. The molecule has 2 atom stereocenters. The molecule has 0 aliphatic heterocycles. The van der Waals surface area contributed by atoms with Crippen LogP contribution >= 0.6 is 11.8 Å². The van der Waals surface area contributed by atoms with Gasteiger partial charge in [-0.3, -0.25) is 14.4 Å². The van der Waals surface area contributed by atoms with Gasteiger partial charge in [0, 0.05) is 5.56 Å². The second kappa shape index (κ2) is 14.6. The molecule has 194 valence electrons. The van der Waals surface area contributed by atoms with E-state index in [0.29, 0.717) is 16.9 Å². The van der Waals surface area contributed by atoms with E-state index < -0.39 is 54.7 Å². The number of carbonyl (C=O) groups is 4. The second-order valence-corrected chi connectivity index (χ2v) is 9.55. The Balaban J connectivity index is 3.42. The normalized spacial score (nSPS) is 12.2. The number of ether oxygens (including phenoxy) is 2. The standard InChI is InChI=1S/C25H32N4O6S/c1-7-17-8-10-18(11-9-17)21(22(31)27-16-20(30)34-5)29(14-13-26)23(32)19(12-15-36-6)28-24(33)35-25(2,3)4/h1,8-11,19,21H,12,14-16H2,2-6H3,(H,27,31)(H,28,33). The maximum Gasteiger partial charge on any atom is 0.408 e. The summed E-state index contributed by atoms with van der Waals surface area (Å²) in [6.07, 6.45) is 6.70. The smallest absolute Gasteiger partial charge is 0.408 e. The number of alkyl carbamates (subject to hydrolysis) is 1. The molecular formula is C25H32N4O6S. The number of esters is 1. The number of thioether (sulfide) groups is 1. The number of hydrogen-bond acceptors (Lipinski definition) is 8. The van der Waals surface area contributed by atoms with E-state index in [1.165, 1.54) is 18.9 Å². The first kappa shape index (κ1) is 30.3. The van der Waals surface area contributed by atoms with Gasteiger partial charge in [0.15, 0.2) is 0 Å². The van der Waals surface area contributed by atoms with Crippen molar-refractivity contribution in [2.45, 2.75) is 44.9 Å². The molecule has 36 heavy (non-hydrogen) atoms. The Hall–Kier alpha value is -3.70. The van der Waals surface area contributed by atoms with Crippen LogP contribution in [0.3, 0.4) is 0 Å². The largest absolute Gasteiger partial charge is 0.468 e. The first-order valence-corrected chi connectivity index (χ1v) is 12.4. The molecule has 1 aromatic carbocycles. The molecular weight excluding hydrogens is 484 g/mol. The number of nitriles is 1. The summed E-state index contributed by atoms with van der Waals surface area (Å²) in [5.41, 5.74) is 0.120. The van der Waals surface area contributed by atoms with Crippen molar-refractivity contribution in [3.8, 4) is 18.4 Å². The predicted octanol–water partition coefficient (Wildman–Crippen LogP) is 2.00. The topological polar surface area (TPSA) is 138 Å². The lowest BCUT2D eigenvalue weighted by Crippen LogP contribution is -2.53. The van der Waals surface area contributed by atoms with Gasteiger partial charge in [0.1, 0.15) is 30.8 Å². The van der Waals surface area contributed by atoms with E-state index in [9.17, 15) is 24.4 Å². The Morgan fingerprint density at radius 1 is 1.19 bits per heavy atom. The summed E-state index contributed by atoms with van der Waals surface area (Å²) < 4.78 is 9.86. The minimum atomic E-state index is -1.29. The van der Waals surface area contributed by atoms with Crippen molar-refractivity contribution < 1.29 is 28.7 Å². The van der Waals surface area contributed by atoms with Crippen LogP contribution in [0.2, 0.25) is 0 Å². The molecule has 0 aromatic heterocycles. The van der Waals surface area contributed by atoms with Crippen LogP contribution in [0.4, 0.5) is 4.79 Å². The molecule has 0 saturated carbocycles. The van der Waals surface area contributed by atoms with E-state index in [1.807, 2.05) is 12.3 Å². The molecule has 11 heteroatoms. The molecule has 0 radical (unpaired) electrons. The summed E-state index contributed by atoms with van der Waals surface area (Å²) in [6.45, 7) is 4.17. The fraction of sp³-hybridized carbons (Fsp3) is 0.480. The zero-order valence-electron chi connectivity index (χ0n) is 21.1. The number of amides is 3. The van der Waals surface area contributed by atoms with Crippen LogP contribution in [0, 0.1) is 23.7 Å². The van der Waals surface area contributed by atoms with E-state index in [1.54, 1.807) is 45.0 Å². The molecule has 10 nitrogen and oxygen atoms in total. The fourth-order valence-electron chi connectivity index (χ4n) is 3.08. The monoisotopic (exact) mass is 516 g/mol. The molecule has 2 N–H and O–H groups in total. The summed E-state index contributed by atoms with van der Waals surface area (Å²) in [7, 11) is 1.18. The zero-order chi connectivity index (χ0) is 27.3. The third-order valence-corrected chi connectivity index (χ3v) is 5.36. The summed E-state index contributed by atoms with van der Waals surface area (Å²) >= 11 is 1.46. The predicted molar refractivity (Wildman–Crippen MR) is 136 cm³/mol. The van der Waals surface area contributed by atoms with Gasteiger partial charge < -0.3 is 25.0 Å². The van der Waals surface area contributed by atoms with Crippen LogP contribution in [0.15, 0.2) is 24.3 Å². The number of methoxy groups -OCH3 is 1. The minimum Gasteiger partial charge on any atom is -0.468 e. The van der Waals surface area contributed by atoms with E-state index in [4.69, 9.17) is 11.2 Å². The van der Waals surface area contributed by atoms with Crippen LogP contribution < -0.4 is 10.6 Å². The highest BCUT2D eigenvalue weighted by molar-refractivity contribution is 7.98. The van der Waals surface area contributed by atoms with E-state index in [0.717, 1.165) is 4.90 Å². The molecule has 1 rings (SSSR count). The Labute approximate surface area is 216 Å². The quantitative estimate of drug-likeness (QED) is 0.259. The summed E-state index contributed by atoms with van der Waals surface area (Å²) in [5.74, 6) is 0.933.